The fourth-order valence-electron chi connectivity index (χ4n) is 2.14. The second-order valence-electron chi connectivity index (χ2n) is 4.27. The van der Waals surface area contributed by atoms with Crippen LogP contribution in [-0.2, 0) is 10.0 Å². The Bertz CT molecular complexity index is 591. The molecule has 0 bridgehead atoms. The van der Waals surface area contributed by atoms with Crippen molar-refractivity contribution in [2.45, 2.75) is 23.8 Å². The summed E-state index contributed by atoms with van der Waals surface area (Å²) in [6.45, 7) is -0.281. The number of hydrogen-bond donors (Lipinski definition) is 1. The van der Waals surface area contributed by atoms with Crippen LogP contribution in [0, 0.1) is 17.5 Å². The van der Waals surface area contributed by atoms with Gasteiger partial charge in [-0.2, -0.15) is 4.31 Å². The molecule has 106 valence electrons. The minimum absolute atomic E-state index is 0.117. The monoisotopic (exact) mass is 295 g/mol. The summed E-state index contributed by atoms with van der Waals surface area (Å²) < 4.78 is 64.7. The van der Waals surface area contributed by atoms with Crippen LogP contribution in [0.4, 0.5) is 13.2 Å². The summed E-state index contributed by atoms with van der Waals surface area (Å²) in [6.07, 6.45) is 0.969. The topological polar surface area (TPSA) is 57.6 Å². The third-order valence-corrected chi connectivity index (χ3v) is 5.09. The highest BCUT2D eigenvalue weighted by molar-refractivity contribution is 7.89. The van der Waals surface area contributed by atoms with E-state index in [1.165, 1.54) is 0 Å². The van der Waals surface area contributed by atoms with Gasteiger partial charge in [0.25, 0.3) is 0 Å². The van der Waals surface area contributed by atoms with Gasteiger partial charge in [0.1, 0.15) is 4.90 Å². The van der Waals surface area contributed by atoms with Gasteiger partial charge in [0.05, 0.1) is 6.61 Å². The van der Waals surface area contributed by atoms with E-state index in [4.69, 9.17) is 5.11 Å². The van der Waals surface area contributed by atoms with Gasteiger partial charge in [-0.3, -0.25) is 0 Å². The first kappa shape index (κ1) is 14.3. The van der Waals surface area contributed by atoms with Crippen molar-refractivity contribution in [3.05, 3.63) is 29.6 Å². The Morgan fingerprint density at radius 1 is 1.26 bits per heavy atom. The van der Waals surface area contributed by atoms with E-state index in [9.17, 15) is 21.6 Å². The smallest absolute Gasteiger partial charge is 0.246 e. The molecular formula is C11H12F3NO3S. The Balaban J connectivity index is 2.48. The van der Waals surface area contributed by atoms with E-state index in [-0.39, 0.29) is 6.54 Å². The molecule has 8 heteroatoms. The standard InChI is InChI=1S/C11H12F3NO3S/c12-8-3-4-9(11(14)10(8)13)19(17,18)15-5-1-2-7(15)6-16/h3-4,7,16H,1-2,5-6H2/t7-/m1/s1. The molecule has 4 nitrogen and oxygen atoms in total. The van der Waals surface area contributed by atoms with Crippen LogP contribution in [0.5, 0.6) is 0 Å². The van der Waals surface area contributed by atoms with E-state index in [0.717, 1.165) is 4.31 Å². The predicted molar refractivity (Wildman–Crippen MR) is 60.3 cm³/mol. The molecule has 1 heterocycles. The van der Waals surface area contributed by atoms with Gasteiger partial charge in [-0.25, -0.2) is 21.6 Å². The van der Waals surface area contributed by atoms with E-state index >= 15 is 0 Å². The first-order chi connectivity index (χ1) is 8.89. The number of sulfonamides is 1. The van der Waals surface area contributed by atoms with Gasteiger partial charge in [-0.15, -0.1) is 0 Å². The lowest BCUT2D eigenvalue weighted by atomic mass is 10.2. The molecule has 0 spiro atoms. The summed E-state index contributed by atoms with van der Waals surface area (Å²) in [5, 5.41) is 9.08. The Labute approximate surface area is 108 Å². The molecule has 0 aliphatic carbocycles. The normalized spacial score (nSPS) is 20.9. The zero-order valence-electron chi connectivity index (χ0n) is 9.81. The lowest BCUT2D eigenvalue weighted by Crippen LogP contribution is -2.38. The summed E-state index contributed by atoms with van der Waals surface area (Å²) in [4.78, 5) is -0.910. The van der Waals surface area contributed by atoms with Crippen molar-refractivity contribution in [1.29, 1.82) is 0 Å². The number of aliphatic hydroxyl groups excluding tert-OH is 1. The molecule has 1 aliphatic heterocycles. The highest BCUT2D eigenvalue weighted by Crippen LogP contribution is 2.28. The average Bonchev–Trinajstić information content (AvgIpc) is 2.84. The van der Waals surface area contributed by atoms with Gasteiger partial charge in [0.2, 0.25) is 10.0 Å². The molecule has 1 aromatic carbocycles. The second-order valence-corrected chi connectivity index (χ2v) is 6.13. The molecule has 0 aromatic heterocycles. The van der Waals surface area contributed by atoms with Crippen molar-refractivity contribution in [2.24, 2.45) is 0 Å². The maximum Gasteiger partial charge on any atom is 0.246 e. The van der Waals surface area contributed by atoms with Crippen molar-refractivity contribution >= 4 is 10.0 Å². The molecule has 0 amide bonds. The molecular weight excluding hydrogens is 283 g/mol. The Morgan fingerprint density at radius 2 is 1.95 bits per heavy atom. The fraction of sp³-hybridized carbons (Fsp3) is 0.455. The van der Waals surface area contributed by atoms with Gasteiger partial charge in [0, 0.05) is 12.6 Å². The van der Waals surface area contributed by atoms with Crippen LogP contribution >= 0.6 is 0 Å². The summed E-state index contributed by atoms with van der Waals surface area (Å²) in [5.74, 6) is -5.00. The number of halogens is 3. The zero-order chi connectivity index (χ0) is 14.2. The van der Waals surface area contributed by atoms with Crippen LogP contribution in [0.15, 0.2) is 17.0 Å². The fourth-order valence-corrected chi connectivity index (χ4v) is 3.88. The Hall–Kier alpha value is -1.12. The van der Waals surface area contributed by atoms with Crippen molar-refractivity contribution in [3.8, 4) is 0 Å². The summed E-state index contributed by atoms with van der Waals surface area (Å²) >= 11 is 0. The minimum Gasteiger partial charge on any atom is -0.395 e. The lowest BCUT2D eigenvalue weighted by Gasteiger charge is -2.22. The van der Waals surface area contributed by atoms with Gasteiger partial charge in [-0.1, -0.05) is 0 Å². The maximum atomic E-state index is 13.6. The van der Waals surface area contributed by atoms with Crippen LogP contribution in [0.1, 0.15) is 12.8 Å². The van der Waals surface area contributed by atoms with Crippen molar-refractivity contribution in [3.63, 3.8) is 0 Å². The number of rotatable bonds is 3. The van der Waals surface area contributed by atoms with Gasteiger partial charge in [-0.05, 0) is 25.0 Å². The molecule has 1 saturated heterocycles. The molecule has 0 radical (unpaired) electrons. The number of benzene rings is 1. The highest BCUT2D eigenvalue weighted by atomic mass is 32.2. The molecule has 1 aromatic rings. The number of aliphatic hydroxyl groups is 1. The quantitative estimate of drug-likeness (QED) is 0.854. The molecule has 0 unspecified atom stereocenters. The van der Waals surface area contributed by atoms with Crippen molar-refractivity contribution < 1.29 is 26.7 Å². The van der Waals surface area contributed by atoms with Crippen molar-refractivity contribution in [1.82, 2.24) is 4.31 Å². The molecule has 1 atom stereocenters. The third-order valence-electron chi connectivity index (χ3n) is 3.12. The van der Waals surface area contributed by atoms with Gasteiger partial charge < -0.3 is 5.11 Å². The first-order valence-corrected chi connectivity index (χ1v) is 7.09. The molecule has 0 saturated carbocycles. The molecule has 1 aliphatic rings. The van der Waals surface area contributed by atoms with Crippen LogP contribution in [0.25, 0.3) is 0 Å². The van der Waals surface area contributed by atoms with E-state index < -0.39 is 45.0 Å². The van der Waals surface area contributed by atoms with E-state index in [1.54, 1.807) is 0 Å². The van der Waals surface area contributed by atoms with Gasteiger partial charge >= 0.3 is 0 Å². The van der Waals surface area contributed by atoms with E-state index in [2.05, 4.69) is 0 Å². The number of hydrogen-bond acceptors (Lipinski definition) is 3. The molecule has 1 N–H and O–H groups in total. The van der Waals surface area contributed by atoms with Crippen LogP contribution in [-0.4, -0.2) is 37.0 Å². The first-order valence-electron chi connectivity index (χ1n) is 5.65. The Morgan fingerprint density at radius 3 is 2.58 bits per heavy atom. The SMILES string of the molecule is O=S(=O)(c1ccc(F)c(F)c1F)N1CCC[C@@H]1CO. The summed E-state index contributed by atoms with van der Waals surface area (Å²) in [5.41, 5.74) is 0. The Kier molecular flexibility index (Phi) is 3.84. The molecule has 2 rings (SSSR count). The highest BCUT2D eigenvalue weighted by Gasteiger charge is 2.37. The van der Waals surface area contributed by atoms with E-state index in [0.29, 0.717) is 25.0 Å². The predicted octanol–water partition coefficient (Wildman–Crippen LogP) is 1.25. The van der Waals surface area contributed by atoms with Crippen molar-refractivity contribution in [2.75, 3.05) is 13.2 Å². The van der Waals surface area contributed by atoms with Gasteiger partial charge in [0.15, 0.2) is 17.5 Å². The largest absolute Gasteiger partial charge is 0.395 e. The summed E-state index contributed by atoms with van der Waals surface area (Å²) in [7, 11) is -4.28. The summed E-state index contributed by atoms with van der Waals surface area (Å²) in [6, 6.07) is 0.600. The van der Waals surface area contributed by atoms with E-state index in [1.807, 2.05) is 0 Å². The third kappa shape index (κ3) is 2.35. The lowest BCUT2D eigenvalue weighted by molar-refractivity contribution is 0.213. The van der Waals surface area contributed by atoms with Crippen LogP contribution in [0.2, 0.25) is 0 Å². The number of nitrogens with zero attached hydrogens (tertiary/aromatic N) is 1. The van der Waals surface area contributed by atoms with Crippen LogP contribution in [0.3, 0.4) is 0 Å². The maximum absolute atomic E-state index is 13.6. The molecule has 19 heavy (non-hydrogen) atoms. The zero-order valence-corrected chi connectivity index (χ0v) is 10.6. The minimum atomic E-state index is -4.28. The second kappa shape index (κ2) is 5.10. The van der Waals surface area contributed by atoms with Crippen LogP contribution < -0.4 is 0 Å². The average molecular weight is 295 g/mol. The molecule has 1 fully saturated rings.